The van der Waals surface area contributed by atoms with Crippen molar-refractivity contribution in [2.75, 3.05) is 13.6 Å². The first-order valence-electron chi connectivity index (χ1n) is 13.7. The smallest absolute Gasteiger partial charge is 0.243 e. The molecule has 4 aromatic rings. The van der Waals surface area contributed by atoms with E-state index in [1.807, 2.05) is 54.6 Å². The number of halogens is 1. The number of fused-ring (bicyclic) bond motifs is 5. The average molecular weight is 573 g/mol. The Morgan fingerprint density at radius 2 is 1.62 bits per heavy atom. The molecule has 1 aliphatic heterocycles. The maximum absolute atomic E-state index is 13.9. The van der Waals surface area contributed by atoms with Crippen LogP contribution in [-0.2, 0) is 36.0 Å². The van der Waals surface area contributed by atoms with Gasteiger partial charge >= 0.3 is 0 Å². The molecule has 0 bridgehead atoms. The summed E-state index contributed by atoms with van der Waals surface area (Å²) in [6.45, 7) is 1.48. The van der Waals surface area contributed by atoms with Crippen LogP contribution in [-0.4, -0.2) is 42.4 Å². The monoisotopic (exact) mass is 572 g/mol. The zero-order chi connectivity index (χ0) is 27.9. The predicted octanol–water partition coefficient (Wildman–Crippen LogP) is 6.37. The summed E-state index contributed by atoms with van der Waals surface area (Å²) < 4.78 is 29.5. The van der Waals surface area contributed by atoms with Gasteiger partial charge < -0.3 is 10.0 Å². The number of phenolic OH excluding ortho intramolecular Hbond substituents is 1. The Morgan fingerprint density at radius 3 is 2.38 bits per heavy atom. The minimum absolute atomic E-state index is 0.0719. The van der Waals surface area contributed by atoms with Gasteiger partial charge in [0.1, 0.15) is 5.75 Å². The number of rotatable bonds is 6. The predicted molar refractivity (Wildman–Crippen MR) is 159 cm³/mol. The Balaban J connectivity index is 1.43. The minimum atomic E-state index is -3.74. The second-order valence-corrected chi connectivity index (χ2v) is 13.2. The molecule has 1 heterocycles. The topological polar surface area (TPSA) is 60.9 Å². The van der Waals surface area contributed by atoms with Crippen molar-refractivity contribution >= 4 is 21.6 Å². The quantitative estimate of drug-likeness (QED) is 0.292. The first-order chi connectivity index (χ1) is 19.3. The molecule has 0 saturated heterocycles. The van der Waals surface area contributed by atoms with E-state index in [0.717, 1.165) is 48.1 Å². The first-order valence-corrected chi connectivity index (χ1v) is 15.6. The van der Waals surface area contributed by atoms with Gasteiger partial charge in [-0.05, 0) is 84.0 Å². The summed E-state index contributed by atoms with van der Waals surface area (Å²) in [5, 5.41) is 10.9. The Morgan fingerprint density at radius 1 is 0.900 bits per heavy atom. The Hall–Kier alpha value is -3.16. The van der Waals surface area contributed by atoms with Gasteiger partial charge in [0.2, 0.25) is 10.0 Å². The lowest BCUT2D eigenvalue weighted by Crippen LogP contribution is -2.40. The summed E-state index contributed by atoms with van der Waals surface area (Å²) in [6.07, 6.45) is 2.70. The molecule has 0 amide bonds. The van der Waals surface area contributed by atoms with Gasteiger partial charge in [-0.1, -0.05) is 78.3 Å². The molecule has 1 N–H and O–H groups in total. The van der Waals surface area contributed by atoms with Crippen molar-refractivity contribution in [3.05, 3.63) is 129 Å². The third-order valence-electron chi connectivity index (χ3n) is 8.49. The van der Waals surface area contributed by atoms with Gasteiger partial charge in [0.05, 0.1) is 9.92 Å². The van der Waals surface area contributed by atoms with Gasteiger partial charge in [-0.15, -0.1) is 0 Å². The molecule has 2 aliphatic rings. The molecule has 4 aromatic carbocycles. The molecule has 0 unspecified atom stereocenters. The maximum Gasteiger partial charge on any atom is 0.243 e. The molecule has 2 atom stereocenters. The van der Waals surface area contributed by atoms with E-state index in [4.69, 9.17) is 11.6 Å². The standard InChI is InChI=1S/C33H33ClN2O3S/c1-35-18-17-24-19-30(34)32(37)20-29(24)33-28-14-8-11-25(27(28)15-16-31(33)35)22-36(21-23-9-4-2-5-10-23)40(38,39)26-12-6-3-7-13-26/h2-14,19-20,31,33,37H,15-18,21-22H2,1H3/t31-,33+/m0/s1. The second-order valence-electron chi connectivity index (χ2n) is 10.9. The third-order valence-corrected chi connectivity index (χ3v) is 10.6. The maximum atomic E-state index is 13.9. The summed E-state index contributed by atoms with van der Waals surface area (Å²) in [6, 6.07) is 28.8. The zero-order valence-electron chi connectivity index (χ0n) is 22.5. The Kier molecular flexibility index (Phi) is 7.44. The van der Waals surface area contributed by atoms with Gasteiger partial charge in [-0.25, -0.2) is 8.42 Å². The fourth-order valence-electron chi connectivity index (χ4n) is 6.45. The molecule has 40 heavy (non-hydrogen) atoms. The van der Waals surface area contributed by atoms with Crippen LogP contribution >= 0.6 is 11.6 Å². The molecule has 1 aliphatic carbocycles. The number of likely N-dealkylation sites (N-methyl/N-ethyl adjacent to an activating group) is 1. The van der Waals surface area contributed by atoms with E-state index in [-0.39, 0.29) is 30.8 Å². The van der Waals surface area contributed by atoms with Gasteiger partial charge in [0.25, 0.3) is 0 Å². The molecule has 0 spiro atoms. The SMILES string of the molecule is CN1CCc2cc(Cl)c(O)cc2[C@H]2c3cccc(CN(Cc4ccccc4)S(=O)(=O)c4ccccc4)c3CC[C@@H]21. The number of benzene rings is 4. The number of aromatic hydroxyl groups is 1. The molecule has 5 nitrogen and oxygen atoms in total. The van der Waals surface area contributed by atoms with Crippen LogP contribution in [0.2, 0.25) is 5.02 Å². The average Bonchev–Trinajstić information content (AvgIpc) is 3.10. The van der Waals surface area contributed by atoms with Crippen molar-refractivity contribution in [1.82, 2.24) is 9.21 Å². The van der Waals surface area contributed by atoms with Gasteiger partial charge in [-0.2, -0.15) is 4.31 Å². The van der Waals surface area contributed by atoms with Crippen molar-refractivity contribution in [3.63, 3.8) is 0 Å². The molecule has 0 saturated carbocycles. The van der Waals surface area contributed by atoms with E-state index in [1.165, 1.54) is 11.1 Å². The van der Waals surface area contributed by atoms with Gasteiger partial charge in [0.15, 0.2) is 0 Å². The highest BCUT2D eigenvalue weighted by atomic mass is 35.5. The lowest BCUT2D eigenvalue weighted by Gasteiger charge is -2.39. The van der Waals surface area contributed by atoms with E-state index in [0.29, 0.717) is 9.92 Å². The number of nitrogens with zero attached hydrogens (tertiary/aromatic N) is 2. The molecule has 6 rings (SSSR count). The molecule has 206 valence electrons. The van der Waals surface area contributed by atoms with Crippen LogP contribution in [0.4, 0.5) is 0 Å². The molecule has 0 aromatic heterocycles. The highest BCUT2D eigenvalue weighted by Gasteiger charge is 2.38. The molecular formula is C33H33ClN2O3S. The summed E-state index contributed by atoms with van der Waals surface area (Å²) in [4.78, 5) is 2.72. The summed E-state index contributed by atoms with van der Waals surface area (Å²) in [7, 11) is -1.57. The number of hydrogen-bond acceptors (Lipinski definition) is 4. The molecule has 0 fully saturated rings. The van der Waals surface area contributed by atoms with Crippen LogP contribution in [0, 0.1) is 0 Å². The van der Waals surface area contributed by atoms with Gasteiger partial charge in [0, 0.05) is 31.6 Å². The van der Waals surface area contributed by atoms with Crippen LogP contribution in [0.25, 0.3) is 0 Å². The fraction of sp³-hybridized carbons (Fsp3) is 0.273. The molecule has 7 heteroatoms. The van der Waals surface area contributed by atoms with Crippen molar-refractivity contribution in [2.45, 2.75) is 49.2 Å². The normalized spacial score (nSPS) is 19.0. The van der Waals surface area contributed by atoms with E-state index < -0.39 is 10.0 Å². The number of phenols is 1. The highest BCUT2D eigenvalue weighted by Crippen LogP contribution is 2.45. The van der Waals surface area contributed by atoms with Crippen molar-refractivity contribution < 1.29 is 13.5 Å². The van der Waals surface area contributed by atoms with Crippen LogP contribution in [0.15, 0.2) is 95.9 Å². The van der Waals surface area contributed by atoms with E-state index in [2.05, 4.69) is 24.1 Å². The fourth-order valence-corrected chi connectivity index (χ4v) is 8.06. The van der Waals surface area contributed by atoms with Crippen LogP contribution in [0.3, 0.4) is 0 Å². The summed E-state index contributed by atoms with van der Waals surface area (Å²) in [5.74, 6) is 0.178. The lowest BCUT2D eigenvalue weighted by atomic mass is 9.73. The Bertz CT molecular complexity index is 1630. The van der Waals surface area contributed by atoms with Crippen LogP contribution in [0.1, 0.15) is 45.7 Å². The van der Waals surface area contributed by atoms with E-state index in [9.17, 15) is 13.5 Å². The third kappa shape index (κ3) is 5.06. The second kappa shape index (κ2) is 11.0. The van der Waals surface area contributed by atoms with Crippen molar-refractivity contribution in [3.8, 4) is 5.75 Å². The number of sulfonamides is 1. The summed E-state index contributed by atoms with van der Waals surface area (Å²) in [5.41, 5.74) is 6.67. The largest absolute Gasteiger partial charge is 0.506 e. The van der Waals surface area contributed by atoms with E-state index >= 15 is 0 Å². The number of hydrogen-bond donors (Lipinski definition) is 1. The van der Waals surface area contributed by atoms with Gasteiger partial charge in [-0.3, -0.25) is 0 Å². The molecular weight excluding hydrogens is 540 g/mol. The zero-order valence-corrected chi connectivity index (χ0v) is 24.1. The Labute approximate surface area is 241 Å². The van der Waals surface area contributed by atoms with Crippen molar-refractivity contribution in [1.29, 1.82) is 0 Å². The molecule has 0 radical (unpaired) electrons. The minimum Gasteiger partial charge on any atom is -0.506 e. The lowest BCUT2D eigenvalue weighted by molar-refractivity contribution is 0.213. The first kappa shape index (κ1) is 27.0. The highest BCUT2D eigenvalue weighted by molar-refractivity contribution is 7.89. The van der Waals surface area contributed by atoms with E-state index in [1.54, 1.807) is 28.6 Å². The van der Waals surface area contributed by atoms with Crippen LogP contribution < -0.4 is 0 Å². The van der Waals surface area contributed by atoms with Crippen molar-refractivity contribution in [2.24, 2.45) is 0 Å². The van der Waals surface area contributed by atoms with Crippen LogP contribution in [0.5, 0.6) is 5.75 Å². The summed E-state index contributed by atoms with van der Waals surface area (Å²) >= 11 is 6.33.